The Balaban J connectivity index is 1.94. The molecule has 22 heavy (non-hydrogen) atoms. The van der Waals surface area contributed by atoms with E-state index in [1.165, 1.54) is 0 Å². The molecule has 1 aromatic carbocycles. The number of hydrogen-bond donors (Lipinski definition) is 2. The van der Waals surface area contributed by atoms with Crippen molar-refractivity contribution in [2.45, 2.75) is 19.9 Å². The first-order valence-corrected chi connectivity index (χ1v) is 8.10. The average Bonchev–Trinajstić information content (AvgIpc) is 2.74. The lowest BCUT2D eigenvalue weighted by Crippen LogP contribution is -2.44. The van der Waals surface area contributed by atoms with Crippen LogP contribution in [0.1, 0.15) is 25.5 Å². The van der Waals surface area contributed by atoms with Crippen LogP contribution >= 0.6 is 15.9 Å². The van der Waals surface area contributed by atoms with Crippen molar-refractivity contribution < 1.29 is 9.59 Å². The highest BCUT2D eigenvalue weighted by Crippen LogP contribution is 2.33. The smallest absolute Gasteiger partial charge is 0.319 e. The van der Waals surface area contributed by atoms with Gasteiger partial charge in [0.15, 0.2) is 0 Å². The van der Waals surface area contributed by atoms with Gasteiger partial charge in [-0.05, 0) is 23.6 Å². The molecule has 5 nitrogen and oxygen atoms in total. The summed E-state index contributed by atoms with van der Waals surface area (Å²) in [5.74, 6) is 0.393. The summed E-state index contributed by atoms with van der Waals surface area (Å²) < 4.78 is 0.963. The second kappa shape index (κ2) is 5.76. The summed E-state index contributed by atoms with van der Waals surface area (Å²) >= 11 is 3.40. The summed E-state index contributed by atoms with van der Waals surface area (Å²) in [6.07, 6.45) is 0. The molecule has 0 saturated carbocycles. The van der Waals surface area contributed by atoms with Gasteiger partial charge in [0.05, 0.1) is 23.9 Å². The molecule has 2 N–H and O–H groups in total. The fourth-order valence-corrected chi connectivity index (χ4v) is 3.19. The Bertz CT molecular complexity index is 652. The van der Waals surface area contributed by atoms with Gasteiger partial charge in [0, 0.05) is 11.0 Å². The van der Waals surface area contributed by atoms with E-state index in [9.17, 15) is 9.59 Å². The Morgan fingerprint density at radius 1 is 1.27 bits per heavy atom. The van der Waals surface area contributed by atoms with Crippen molar-refractivity contribution in [3.05, 3.63) is 45.6 Å². The lowest BCUT2D eigenvalue weighted by Gasteiger charge is -2.25. The number of nitrogens with zero attached hydrogens (tertiary/aromatic N) is 1. The fraction of sp³-hybridized carbons (Fsp3) is 0.375. The number of nitrogens with one attached hydrogen (secondary N) is 2. The van der Waals surface area contributed by atoms with Crippen LogP contribution in [0.15, 0.2) is 40.0 Å². The standard InChI is InChI=1S/C16H18BrN3O2/c1-9(2)7-20-8-12-13(15(20)21)14(19-16(22)18-12)10-3-5-11(17)6-4-10/h3-6,9,14H,7-8H2,1-2H3,(H2,18,19,22)/t14-/m1/s1. The molecule has 3 amide bonds. The van der Waals surface area contributed by atoms with E-state index < -0.39 is 0 Å². The highest BCUT2D eigenvalue weighted by atomic mass is 79.9. The lowest BCUT2D eigenvalue weighted by molar-refractivity contribution is -0.126. The number of halogens is 1. The zero-order valence-corrected chi connectivity index (χ0v) is 14.1. The second-order valence-corrected chi connectivity index (χ2v) is 6.97. The Kier molecular flexibility index (Phi) is 3.95. The number of carbonyl (C=O) groups is 2. The van der Waals surface area contributed by atoms with Crippen molar-refractivity contribution in [1.29, 1.82) is 0 Å². The second-order valence-electron chi connectivity index (χ2n) is 6.05. The molecule has 2 aliphatic rings. The van der Waals surface area contributed by atoms with Crippen LogP contribution in [-0.4, -0.2) is 29.9 Å². The molecule has 6 heteroatoms. The predicted octanol–water partition coefficient (Wildman–Crippen LogP) is 2.56. The van der Waals surface area contributed by atoms with E-state index in [0.717, 1.165) is 15.7 Å². The van der Waals surface area contributed by atoms with Crippen LogP contribution in [0.4, 0.5) is 4.79 Å². The molecule has 0 fully saturated rings. The van der Waals surface area contributed by atoms with Crippen molar-refractivity contribution in [3.8, 4) is 0 Å². The summed E-state index contributed by atoms with van der Waals surface area (Å²) in [5, 5.41) is 5.64. The lowest BCUT2D eigenvalue weighted by atomic mass is 9.96. The van der Waals surface area contributed by atoms with Crippen molar-refractivity contribution in [1.82, 2.24) is 15.5 Å². The van der Waals surface area contributed by atoms with Crippen LogP contribution in [0, 0.1) is 5.92 Å². The number of carbonyl (C=O) groups excluding carboxylic acids is 2. The third-order valence-corrected chi connectivity index (χ3v) is 4.34. The molecule has 2 aliphatic heterocycles. The summed E-state index contributed by atoms with van der Waals surface area (Å²) in [7, 11) is 0. The quantitative estimate of drug-likeness (QED) is 0.866. The van der Waals surface area contributed by atoms with Gasteiger partial charge in [0.2, 0.25) is 0 Å². The van der Waals surface area contributed by atoms with E-state index in [1.54, 1.807) is 4.90 Å². The molecule has 0 aromatic heterocycles. The van der Waals surface area contributed by atoms with Crippen molar-refractivity contribution >= 4 is 27.9 Å². The first-order chi connectivity index (χ1) is 10.5. The van der Waals surface area contributed by atoms with Crippen LogP contribution in [0.5, 0.6) is 0 Å². The van der Waals surface area contributed by atoms with Crippen molar-refractivity contribution in [2.24, 2.45) is 5.92 Å². The number of urea groups is 1. The summed E-state index contributed by atoms with van der Waals surface area (Å²) in [4.78, 5) is 26.4. The van der Waals surface area contributed by atoms with Crippen molar-refractivity contribution in [3.63, 3.8) is 0 Å². The van der Waals surface area contributed by atoms with Gasteiger partial charge in [-0.15, -0.1) is 0 Å². The van der Waals surface area contributed by atoms with Crippen LogP contribution in [-0.2, 0) is 4.79 Å². The highest BCUT2D eigenvalue weighted by molar-refractivity contribution is 9.10. The minimum atomic E-state index is -0.387. The first kappa shape index (κ1) is 15.1. The molecule has 0 spiro atoms. The minimum absolute atomic E-state index is 0.00381. The zero-order chi connectivity index (χ0) is 15.9. The van der Waals surface area contributed by atoms with Gasteiger partial charge >= 0.3 is 6.03 Å². The Morgan fingerprint density at radius 3 is 2.59 bits per heavy atom. The third-order valence-electron chi connectivity index (χ3n) is 3.81. The van der Waals surface area contributed by atoms with E-state index in [4.69, 9.17) is 0 Å². The SMILES string of the molecule is CC(C)CN1CC2=C(C1=O)[C@@H](c1ccc(Br)cc1)NC(=O)N2. The Labute approximate surface area is 137 Å². The molecule has 0 radical (unpaired) electrons. The summed E-state index contributed by atoms with van der Waals surface area (Å²) in [6, 6.07) is 7.02. The molecule has 2 heterocycles. The van der Waals surface area contributed by atoms with Crippen LogP contribution in [0.2, 0.25) is 0 Å². The monoisotopic (exact) mass is 363 g/mol. The molecular weight excluding hydrogens is 346 g/mol. The maximum atomic E-state index is 12.7. The molecule has 1 atom stereocenters. The zero-order valence-electron chi connectivity index (χ0n) is 12.5. The van der Waals surface area contributed by atoms with Gasteiger partial charge in [-0.25, -0.2) is 4.79 Å². The van der Waals surface area contributed by atoms with Gasteiger partial charge in [0.1, 0.15) is 0 Å². The maximum absolute atomic E-state index is 12.7. The first-order valence-electron chi connectivity index (χ1n) is 7.31. The maximum Gasteiger partial charge on any atom is 0.319 e. The van der Waals surface area contributed by atoms with Gasteiger partial charge in [0.25, 0.3) is 5.91 Å². The number of amides is 3. The van der Waals surface area contributed by atoms with E-state index in [2.05, 4.69) is 40.4 Å². The van der Waals surface area contributed by atoms with Crippen LogP contribution in [0.25, 0.3) is 0 Å². The number of rotatable bonds is 3. The van der Waals surface area contributed by atoms with E-state index in [1.807, 2.05) is 24.3 Å². The van der Waals surface area contributed by atoms with Crippen molar-refractivity contribution in [2.75, 3.05) is 13.1 Å². The highest BCUT2D eigenvalue weighted by Gasteiger charge is 2.40. The molecule has 116 valence electrons. The molecule has 0 unspecified atom stereocenters. The summed E-state index contributed by atoms with van der Waals surface area (Å²) in [6.45, 7) is 5.32. The van der Waals surface area contributed by atoms with Crippen LogP contribution < -0.4 is 10.6 Å². The third kappa shape index (κ3) is 2.75. The predicted molar refractivity (Wildman–Crippen MR) is 87.0 cm³/mol. The van der Waals surface area contributed by atoms with E-state index in [0.29, 0.717) is 24.6 Å². The molecule has 0 saturated heterocycles. The van der Waals surface area contributed by atoms with Gasteiger partial charge in [-0.1, -0.05) is 41.9 Å². The largest absolute Gasteiger partial charge is 0.333 e. The average molecular weight is 364 g/mol. The summed E-state index contributed by atoms with van der Waals surface area (Å²) in [5.41, 5.74) is 2.29. The fourth-order valence-electron chi connectivity index (χ4n) is 2.92. The number of hydrogen-bond acceptors (Lipinski definition) is 2. The van der Waals surface area contributed by atoms with Crippen LogP contribution in [0.3, 0.4) is 0 Å². The van der Waals surface area contributed by atoms with E-state index >= 15 is 0 Å². The molecular formula is C16H18BrN3O2. The number of benzene rings is 1. The molecule has 0 aliphatic carbocycles. The molecule has 1 aromatic rings. The molecule has 0 bridgehead atoms. The molecule has 3 rings (SSSR count). The van der Waals surface area contributed by atoms with Gasteiger partial charge in [-0.3, -0.25) is 4.79 Å². The Morgan fingerprint density at radius 2 is 1.95 bits per heavy atom. The minimum Gasteiger partial charge on any atom is -0.333 e. The van der Waals surface area contributed by atoms with E-state index in [-0.39, 0.29) is 18.0 Å². The Hall–Kier alpha value is -1.82. The van der Waals surface area contributed by atoms with Gasteiger partial charge < -0.3 is 15.5 Å². The normalized spacial score (nSPS) is 21.1. The van der Waals surface area contributed by atoms with Gasteiger partial charge in [-0.2, -0.15) is 0 Å². The topological polar surface area (TPSA) is 61.4 Å².